The summed E-state index contributed by atoms with van der Waals surface area (Å²) in [5, 5.41) is 0. The third kappa shape index (κ3) is 79.1. The Morgan fingerprint density at radius 3 is 1.43 bits per heavy atom. The van der Waals surface area contributed by atoms with Gasteiger partial charge in [0.25, 0.3) is 0 Å². The minimum atomic E-state index is 0. The zero-order chi connectivity index (χ0) is 29.4. The molecule has 0 bridgehead atoms. The molecule has 0 saturated carbocycles. The van der Waals surface area contributed by atoms with Gasteiger partial charge in [0.15, 0.2) is 0 Å². The average Bonchev–Trinajstić information content (AvgIpc) is 2.94. The Bertz CT molecular complexity index is 845. The number of nitrogens with one attached hydrogen (secondary N) is 1. The largest absolute Gasteiger partial charge is 1.00 e. The first-order valence-electron chi connectivity index (χ1n) is 7.74. The number of rotatable bonds is 1. The maximum atomic E-state index is 7.50. The van der Waals surface area contributed by atoms with Gasteiger partial charge in [-0.1, -0.05) is 56.1 Å². The van der Waals surface area contributed by atoms with E-state index in [1.165, 1.54) is 0 Å². The van der Waals surface area contributed by atoms with Crippen LogP contribution in [0.15, 0.2) is 35.4 Å². The Hall–Kier alpha value is -2.40. The van der Waals surface area contributed by atoms with Crippen LogP contribution in [0.3, 0.4) is 0 Å². The molecule has 196 valence electrons. The van der Waals surface area contributed by atoms with Gasteiger partial charge < -0.3 is 10.7 Å². The van der Waals surface area contributed by atoms with Gasteiger partial charge in [0.1, 0.15) is 0 Å². The molecular formula is C25H20N2O7Ru3. The smallest absolute Gasteiger partial charge is 0 e. The third-order valence-electron chi connectivity index (χ3n) is 2.22. The van der Waals surface area contributed by atoms with Gasteiger partial charge in [-0.05, 0) is 13.8 Å². The predicted molar refractivity (Wildman–Crippen MR) is 114 cm³/mol. The number of hydrogen-bond acceptors (Lipinski definition) is 1. The minimum Gasteiger partial charge on any atom is 0 e. The molecule has 0 aliphatic rings. The number of aryl methyl sites for hydroxylation is 1. The second kappa shape index (κ2) is 93.0. The second-order valence-corrected chi connectivity index (χ2v) is 3.87. The van der Waals surface area contributed by atoms with Crippen molar-refractivity contribution < 1.29 is 91.0 Å². The van der Waals surface area contributed by atoms with Crippen LogP contribution in [0.2, 0.25) is 0 Å². The number of allylic oxidation sites excluding steroid dienone is 4. The minimum absolute atomic E-state index is 0. The van der Waals surface area contributed by atoms with Gasteiger partial charge in [-0.2, -0.15) is 0 Å². The fraction of sp³-hybridized carbons (Fsp3) is 0.200. The number of pyridine rings is 1. The Kier molecular flexibility index (Phi) is 176. The monoisotopic (exact) mass is 766 g/mol. The van der Waals surface area contributed by atoms with E-state index in [1.54, 1.807) is 13.0 Å². The maximum Gasteiger partial charge on any atom is 1.00 e. The molecule has 0 aliphatic carbocycles. The summed E-state index contributed by atoms with van der Waals surface area (Å²) in [5.41, 5.74) is 9.93. The van der Waals surface area contributed by atoms with Crippen LogP contribution in [0.4, 0.5) is 5.82 Å². The molecule has 1 aromatic heterocycles. The number of hydrogen-bond donors (Lipinski definition) is 0. The molecule has 1 aromatic rings. The van der Waals surface area contributed by atoms with Gasteiger partial charge in [0.05, 0.1) is 0 Å². The first kappa shape index (κ1) is 70.1. The molecular weight excluding hydrogens is 743 g/mol. The van der Waals surface area contributed by atoms with Crippen LogP contribution in [-0.4, -0.2) is 4.98 Å². The van der Waals surface area contributed by atoms with E-state index in [0.717, 1.165) is 16.8 Å². The Morgan fingerprint density at radius 1 is 0.838 bits per heavy atom. The van der Waals surface area contributed by atoms with Crippen LogP contribution in [-0.2, 0) is 91.0 Å². The van der Waals surface area contributed by atoms with Crippen molar-refractivity contribution >= 4 is 5.82 Å². The fourth-order valence-electron chi connectivity index (χ4n) is 1.28. The van der Waals surface area contributed by atoms with Crippen molar-refractivity contribution in [3.05, 3.63) is 99.5 Å². The topological polar surface area (TPSA) is 176 Å². The van der Waals surface area contributed by atoms with E-state index in [9.17, 15) is 0 Å². The quantitative estimate of drug-likeness (QED) is 0.132. The predicted octanol–water partition coefficient (Wildman–Crippen LogP) is 4.53. The molecule has 0 saturated heterocycles. The summed E-state index contributed by atoms with van der Waals surface area (Å²) < 4.78 is 52.5. The van der Waals surface area contributed by atoms with Crippen LogP contribution < -0.4 is 0 Å². The average molecular weight is 764 g/mol. The first-order valence-corrected chi connectivity index (χ1v) is 7.74. The van der Waals surface area contributed by atoms with Crippen molar-refractivity contribution in [1.29, 1.82) is 0 Å². The van der Waals surface area contributed by atoms with Gasteiger partial charge in [-0.15, -0.1) is 29.6 Å². The zero-order valence-corrected chi connectivity index (χ0v) is 25.4. The molecule has 37 heavy (non-hydrogen) atoms. The number of aromatic nitrogens is 1. The van der Waals surface area contributed by atoms with Gasteiger partial charge in [-0.25, -0.2) is 5.92 Å². The van der Waals surface area contributed by atoms with Gasteiger partial charge >= 0.3 is 118 Å². The molecule has 0 unspecified atom stereocenters. The summed E-state index contributed by atoms with van der Waals surface area (Å²) in [6, 6.07) is 5.36. The summed E-state index contributed by atoms with van der Waals surface area (Å²) in [7, 11) is 0. The van der Waals surface area contributed by atoms with Crippen LogP contribution in [0.1, 0.15) is 33.4 Å². The summed E-state index contributed by atoms with van der Waals surface area (Å²) in [5.74, 6) is 11.7. The molecule has 1 rings (SSSR count). The molecule has 1 N–H and O–H groups in total. The van der Waals surface area contributed by atoms with Crippen molar-refractivity contribution in [2.75, 3.05) is 0 Å². The molecule has 0 amide bonds. The van der Waals surface area contributed by atoms with Crippen LogP contribution in [0.5, 0.6) is 0 Å². The van der Waals surface area contributed by atoms with E-state index in [0.29, 0.717) is 5.82 Å². The molecule has 2 radical (unpaired) electrons. The van der Waals surface area contributed by atoms with Crippen molar-refractivity contribution in [1.82, 2.24) is 4.98 Å². The zero-order valence-electron chi connectivity index (χ0n) is 20.2. The Balaban J connectivity index is -0.0000000265. The summed E-state index contributed by atoms with van der Waals surface area (Å²) in [4.78, 5) is 3.84. The van der Waals surface area contributed by atoms with Crippen molar-refractivity contribution in [2.24, 2.45) is 0 Å². The summed E-state index contributed by atoms with van der Waals surface area (Å²) in [6.45, 7) is 40.9. The van der Waals surface area contributed by atoms with Crippen LogP contribution >= 0.6 is 0 Å². The van der Waals surface area contributed by atoms with Crippen LogP contribution in [0.25, 0.3) is 5.73 Å². The first-order chi connectivity index (χ1) is 16.5. The van der Waals surface area contributed by atoms with Gasteiger partial charge in [-0.3, -0.25) is 5.92 Å². The number of nitrogens with zero attached hydrogens (tertiary/aromatic N) is 1. The van der Waals surface area contributed by atoms with E-state index in [2.05, 4.69) is 81.3 Å². The molecule has 1 heterocycles. The standard InChI is InChI=1S/C12H13.C6H7N2.7CO.3Ru/c1-5-8-10-11(4)12(7-3)9-6-2;1-5-3-2-4-6(7)8-5;7*1-2;;;/h7H,1-4H3;2-4H,1H3,(H-,7,8);;;;;;;;;;/q2*-1;;;;;;;;;2*+1/b12-7+;;;;;;;;;;;. The molecule has 0 fully saturated rings. The van der Waals surface area contributed by atoms with E-state index in [1.807, 2.05) is 45.9 Å². The third-order valence-corrected chi connectivity index (χ3v) is 2.22. The molecule has 0 aliphatic heterocycles. The molecule has 9 nitrogen and oxygen atoms in total. The summed E-state index contributed by atoms with van der Waals surface area (Å²) in [6.07, 6.45) is 4.92. The van der Waals surface area contributed by atoms with E-state index >= 15 is 0 Å². The Labute approximate surface area is 258 Å². The van der Waals surface area contributed by atoms with E-state index in [-0.39, 0.29) is 58.4 Å². The molecule has 0 spiro atoms. The normalized spacial score (nSPS) is 5.92. The maximum absolute atomic E-state index is 7.50. The van der Waals surface area contributed by atoms with Crippen molar-refractivity contribution in [3.8, 4) is 23.7 Å². The summed E-state index contributed by atoms with van der Waals surface area (Å²) >= 11 is 0. The molecule has 0 atom stereocenters. The second-order valence-electron chi connectivity index (χ2n) is 3.87. The molecule has 12 heteroatoms. The van der Waals surface area contributed by atoms with Gasteiger partial charge in [0.2, 0.25) is 0 Å². The van der Waals surface area contributed by atoms with Crippen molar-refractivity contribution in [3.63, 3.8) is 0 Å². The SMILES string of the molecule is CC#C[C-]=C(C)/C(C#CC)=C/C.Cc1cccc([NH-])n1.[C-]#[O+].[C-]#[O+].[C-]#[O+].[C-]#[O+].[C-]#[O+].[C-]#[O+].[C-]#[O+].[Ru+].[Ru+].[Ru]. The van der Waals surface area contributed by atoms with E-state index < -0.39 is 0 Å². The van der Waals surface area contributed by atoms with Crippen molar-refractivity contribution in [2.45, 2.75) is 34.6 Å². The van der Waals surface area contributed by atoms with E-state index in [4.69, 9.17) is 38.3 Å². The molecule has 0 aromatic carbocycles. The van der Waals surface area contributed by atoms with Crippen LogP contribution in [0, 0.1) is 83.2 Å². The van der Waals surface area contributed by atoms with Gasteiger partial charge in [0, 0.05) is 19.5 Å². The Morgan fingerprint density at radius 2 is 1.22 bits per heavy atom. The fourth-order valence-corrected chi connectivity index (χ4v) is 1.28.